The zero-order valence-electron chi connectivity index (χ0n) is 12.4. The molecule has 110 valence electrons. The van der Waals surface area contributed by atoms with Gasteiger partial charge in [0.25, 0.3) is 0 Å². The number of rotatable bonds is 4. The van der Waals surface area contributed by atoms with Crippen LogP contribution in [0.1, 0.15) is 58.3 Å². The first-order chi connectivity index (χ1) is 9.34. The molecule has 3 rings (SSSR count). The summed E-state index contributed by atoms with van der Waals surface area (Å²) in [4.78, 5) is 0. The van der Waals surface area contributed by atoms with Crippen LogP contribution in [0.2, 0.25) is 0 Å². The number of nitrogens with one attached hydrogen (secondary N) is 2. The molecule has 3 nitrogen and oxygen atoms in total. The molecule has 3 heteroatoms. The summed E-state index contributed by atoms with van der Waals surface area (Å²) in [5.41, 5.74) is 0. The highest BCUT2D eigenvalue weighted by Gasteiger charge is 2.36. The Morgan fingerprint density at radius 1 is 1.05 bits per heavy atom. The number of piperidine rings is 1. The van der Waals surface area contributed by atoms with E-state index in [0.29, 0.717) is 12.1 Å². The summed E-state index contributed by atoms with van der Waals surface area (Å²) in [5, 5.41) is 7.67. The molecular formula is C16H30N2O. The third-order valence-electron chi connectivity index (χ3n) is 5.43. The third-order valence-corrected chi connectivity index (χ3v) is 5.43. The van der Waals surface area contributed by atoms with E-state index in [1.807, 2.05) is 0 Å². The molecule has 2 saturated heterocycles. The highest BCUT2D eigenvalue weighted by Crippen LogP contribution is 2.32. The average molecular weight is 266 g/mol. The molecule has 2 aliphatic heterocycles. The lowest BCUT2D eigenvalue weighted by Crippen LogP contribution is -2.51. The summed E-state index contributed by atoms with van der Waals surface area (Å²) in [6, 6.07) is 2.01. The van der Waals surface area contributed by atoms with Crippen molar-refractivity contribution >= 4 is 0 Å². The van der Waals surface area contributed by atoms with E-state index >= 15 is 0 Å². The zero-order chi connectivity index (χ0) is 13.1. The smallest absolute Gasteiger partial charge is 0.0726 e. The van der Waals surface area contributed by atoms with Gasteiger partial charge in [-0.25, -0.2) is 0 Å². The van der Waals surface area contributed by atoms with E-state index in [1.165, 1.54) is 57.9 Å². The molecule has 3 fully saturated rings. The Morgan fingerprint density at radius 2 is 2.00 bits per heavy atom. The molecule has 19 heavy (non-hydrogen) atoms. The molecule has 5 unspecified atom stereocenters. The highest BCUT2D eigenvalue weighted by molar-refractivity contribution is 4.94. The van der Waals surface area contributed by atoms with Crippen molar-refractivity contribution in [2.45, 2.75) is 82.5 Å². The van der Waals surface area contributed by atoms with Crippen molar-refractivity contribution in [2.75, 3.05) is 13.2 Å². The summed E-state index contributed by atoms with van der Waals surface area (Å²) >= 11 is 0. The number of ether oxygens (including phenoxy) is 1. The third kappa shape index (κ3) is 3.32. The minimum atomic E-state index is 0.459. The van der Waals surface area contributed by atoms with Gasteiger partial charge in [-0.1, -0.05) is 12.8 Å². The van der Waals surface area contributed by atoms with Gasteiger partial charge in [0.05, 0.1) is 6.10 Å². The van der Waals surface area contributed by atoms with Gasteiger partial charge in [0, 0.05) is 24.7 Å². The van der Waals surface area contributed by atoms with Gasteiger partial charge in [-0.05, 0) is 57.9 Å². The molecule has 0 spiro atoms. The normalized spacial score (nSPS) is 41.5. The fourth-order valence-corrected chi connectivity index (χ4v) is 4.36. The molecule has 0 amide bonds. The van der Waals surface area contributed by atoms with E-state index in [4.69, 9.17) is 4.74 Å². The van der Waals surface area contributed by atoms with Gasteiger partial charge < -0.3 is 15.4 Å². The second-order valence-electron chi connectivity index (χ2n) is 6.76. The molecule has 0 aromatic rings. The summed E-state index contributed by atoms with van der Waals surface area (Å²) in [6.07, 6.45) is 11.3. The van der Waals surface area contributed by atoms with Crippen LogP contribution in [0.15, 0.2) is 0 Å². The Labute approximate surface area is 117 Å². The fraction of sp³-hybridized carbons (Fsp3) is 1.00. The van der Waals surface area contributed by atoms with Crippen molar-refractivity contribution in [3.8, 4) is 0 Å². The lowest BCUT2D eigenvalue weighted by molar-refractivity contribution is 0.0757. The van der Waals surface area contributed by atoms with Crippen LogP contribution in [0, 0.1) is 5.92 Å². The highest BCUT2D eigenvalue weighted by atomic mass is 16.5. The van der Waals surface area contributed by atoms with Crippen molar-refractivity contribution in [2.24, 2.45) is 5.92 Å². The first kappa shape index (κ1) is 13.8. The SMILES string of the molecule is CC(NC1CCCC1C1CCCCN1)C1CCCO1. The molecule has 0 aromatic heterocycles. The topological polar surface area (TPSA) is 33.3 Å². The first-order valence-corrected chi connectivity index (χ1v) is 8.45. The Bertz CT molecular complexity index is 272. The van der Waals surface area contributed by atoms with Crippen molar-refractivity contribution in [1.82, 2.24) is 10.6 Å². The van der Waals surface area contributed by atoms with Gasteiger partial charge >= 0.3 is 0 Å². The van der Waals surface area contributed by atoms with Crippen molar-refractivity contribution in [3.63, 3.8) is 0 Å². The minimum absolute atomic E-state index is 0.459. The Balaban J connectivity index is 1.53. The standard InChI is InChI=1S/C16H30N2O/c1-12(16-9-5-11-19-16)18-15-8-4-6-13(15)14-7-2-3-10-17-14/h12-18H,2-11H2,1H3. The number of hydrogen-bond donors (Lipinski definition) is 2. The van der Waals surface area contributed by atoms with Gasteiger partial charge in [0.15, 0.2) is 0 Å². The first-order valence-electron chi connectivity index (χ1n) is 8.45. The predicted molar refractivity (Wildman–Crippen MR) is 78.3 cm³/mol. The second-order valence-corrected chi connectivity index (χ2v) is 6.76. The zero-order valence-corrected chi connectivity index (χ0v) is 12.4. The lowest BCUT2D eigenvalue weighted by atomic mass is 9.88. The van der Waals surface area contributed by atoms with Crippen LogP contribution in [-0.4, -0.2) is 37.4 Å². The molecular weight excluding hydrogens is 236 g/mol. The molecule has 0 aromatic carbocycles. The predicted octanol–water partition coefficient (Wildman–Crippen LogP) is 2.45. The molecule has 2 heterocycles. The molecule has 3 aliphatic rings. The van der Waals surface area contributed by atoms with E-state index in [1.54, 1.807) is 0 Å². The van der Waals surface area contributed by atoms with E-state index in [9.17, 15) is 0 Å². The fourth-order valence-electron chi connectivity index (χ4n) is 4.36. The summed E-state index contributed by atoms with van der Waals surface area (Å²) in [6.45, 7) is 4.52. The van der Waals surface area contributed by atoms with Gasteiger partial charge in [0.2, 0.25) is 0 Å². The summed E-state index contributed by atoms with van der Waals surface area (Å²) < 4.78 is 5.83. The summed E-state index contributed by atoms with van der Waals surface area (Å²) in [7, 11) is 0. The maximum Gasteiger partial charge on any atom is 0.0726 e. The number of hydrogen-bond acceptors (Lipinski definition) is 3. The average Bonchev–Trinajstić information content (AvgIpc) is 3.11. The van der Waals surface area contributed by atoms with Crippen LogP contribution in [0.5, 0.6) is 0 Å². The Hall–Kier alpha value is -0.120. The monoisotopic (exact) mass is 266 g/mol. The Kier molecular flexibility index (Phi) is 4.78. The van der Waals surface area contributed by atoms with Crippen molar-refractivity contribution in [3.05, 3.63) is 0 Å². The van der Waals surface area contributed by atoms with Gasteiger partial charge in [-0.3, -0.25) is 0 Å². The van der Waals surface area contributed by atoms with Crippen LogP contribution < -0.4 is 10.6 Å². The van der Waals surface area contributed by atoms with Crippen molar-refractivity contribution < 1.29 is 4.74 Å². The minimum Gasteiger partial charge on any atom is -0.377 e. The maximum absolute atomic E-state index is 5.83. The summed E-state index contributed by atoms with van der Waals surface area (Å²) in [5.74, 6) is 0.851. The Morgan fingerprint density at radius 3 is 2.74 bits per heavy atom. The van der Waals surface area contributed by atoms with E-state index < -0.39 is 0 Å². The van der Waals surface area contributed by atoms with Crippen molar-refractivity contribution in [1.29, 1.82) is 0 Å². The van der Waals surface area contributed by atoms with Gasteiger partial charge in [-0.15, -0.1) is 0 Å². The molecule has 2 N–H and O–H groups in total. The molecule has 1 aliphatic carbocycles. The molecule has 1 saturated carbocycles. The molecule has 0 bridgehead atoms. The van der Waals surface area contributed by atoms with E-state index in [2.05, 4.69) is 17.6 Å². The second kappa shape index (κ2) is 6.55. The van der Waals surface area contributed by atoms with Gasteiger partial charge in [0.1, 0.15) is 0 Å². The van der Waals surface area contributed by atoms with Crippen LogP contribution in [0.25, 0.3) is 0 Å². The largest absolute Gasteiger partial charge is 0.377 e. The van der Waals surface area contributed by atoms with Gasteiger partial charge in [-0.2, -0.15) is 0 Å². The quantitative estimate of drug-likeness (QED) is 0.820. The lowest BCUT2D eigenvalue weighted by Gasteiger charge is -2.35. The van der Waals surface area contributed by atoms with Crippen LogP contribution >= 0.6 is 0 Å². The van der Waals surface area contributed by atoms with Crippen LogP contribution in [-0.2, 0) is 4.74 Å². The molecule has 5 atom stereocenters. The van der Waals surface area contributed by atoms with Crippen LogP contribution in [0.4, 0.5) is 0 Å². The van der Waals surface area contributed by atoms with E-state index in [0.717, 1.165) is 24.6 Å². The van der Waals surface area contributed by atoms with E-state index in [-0.39, 0.29) is 0 Å². The maximum atomic E-state index is 5.83. The molecule has 0 radical (unpaired) electrons. The van der Waals surface area contributed by atoms with Crippen LogP contribution in [0.3, 0.4) is 0 Å².